The molecule has 8 aromatic rings. The molecule has 19 atom stereocenters. The number of nitrogen functional groups attached to an aromatic ring is 4. The molecule has 0 aromatic carbocycles. The van der Waals surface area contributed by atoms with Crippen LogP contribution in [0.2, 0.25) is 0 Å². The molecular formula is C41H52N20O25P4. The van der Waals surface area contributed by atoms with E-state index in [9.17, 15) is 68.3 Å². The number of imidazole rings is 4. The summed E-state index contributed by atoms with van der Waals surface area (Å²) < 4.78 is 119. The number of aliphatic hydroxyl groups excluding tert-OH is 5. The van der Waals surface area contributed by atoms with Crippen LogP contribution in [0.25, 0.3) is 44.7 Å². The lowest BCUT2D eigenvalue weighted by Crippen LogP contribution is -2.37. The van der Waals surface area contributed by atoms with Crippen LogP contribution in [0.5, 0.6) is 0 Å². The van der Waals surface area contributed by atoms with Gasteiger partial charge in [0.2, 0.25) is 0 Å². The van der Waals surface area contributed by atoms with E-state index in [4.69, 9.17) is 69.2 Å². The number of anilines is 4. The van der Waals surface area contributed by atoms with Gasteiger partial charge in [-0.2, -0.15) is 0 Å². The van der Waals surface area contributed by atoms with Crippen LogP contribution in [0.1, 0.15) is 24.9 Å². The number of hydrogen-bond donors (Lipinski definition) is 14. The van der Waals surface area contributed by atoms with E-state index >= 15 is 0 Å². The van der Waals surface area contributed by atoms with Crippen LogP contribution in [0.15, 0.2) is 50.6 Å². The molecule has 45 nitrogen and oxygen atoms in total. The molecule has 486 valence electrons. The van der Waals surface area contributed by atoms with Crippen molar-refractivity contribution < 1.29 is 119 Å². The maximum absolute atomic E-state index is 14.1. The van der Waals surface area contributed by atoms with Gasteiger partial charge in [0.05, 0.1) is 51.7 Å². The zero-order valence-electron chi connectivity index (χ0n) is 45.2. The second kappa shape index (κ2) is 24.5. The Hall–Kier alpha value is -6.52. The van der Waals surface area contributed by atoms with Gasteiger partial charge in [0.15, 0.2) is 70.8 Å². The number of rotatable bonds is 23. The molecule has 12 rings (SSSR count). The number of fused-ring (bicyclic) bond motifs is 4. The number of phosphoric ester groups is 3. The van der Waals surface area contributed by atoms with Crippen LogP contribution in [0.4, 0.5) is 23.3 Å². The zero-order chi connectivity index (χ0) is 63.9. The van der Waals surface area contributed by atoms with E-state index in [-0.39, 0.29) is 67.9 Å². The molecule has 0 radical (unpaired) electrons. The molecule has 4 aliphatic heterocycles. The van der Waals surface area contributed by atoms with E-state index < -0.39 is 162 Å². The van der Waals surface area contributed by atoms with Gasteiger partial charge >= 0.3 is 31.1 Å². The third-order valence-corrected chi connectivity index (χ3v) is 18.0. The first-order chi connectivity index (χ1) is 42.7. The minimum atomic E-state index is -5.51. The molecule has 4 fully saturated rings. The van der Waals surface area contributed by atoms with Gasteiger partial charge in [-0.15, -0.1) is 0 Å². The Morgan fingerprint density at radius 2 is 0.711 bits per heavy atom. The van der Waals surface area contributed by atoms with Crippen molar-refractivity contribution in [2.24, 2.45) is 0 Å². The minimum Gasteiger partial charge on any atom is -0.387 e. The topological polar surface area (TPSA) is 651 Å². The molecule has 49 heteroatoms. The first kappa shape index (κ1) is 63.6. The molecule has 12 heterocycles. The van der Waals surface area contributed by atoms with Gasteiger partial charge in [-0.1, -0.05) is 0 Å². The van der Waals surface area contributed by atoms with E-state index in [1.807, 2.05) is 0 Å². The predicted molar refractivity (Wildman–Crippen MR) is 289 cm³/mol. The van der Waals surface area contributed by atoms with Crippen molar-refractivity contribution in [3.05, 3.63) is 50.6 Å². The highest BCUT2D eigenvalue weighted by Gasteiger charge is 2.55. The molecule has 4 aliphatic rings. The van der Waals surface area contributed by atoms with Gasteiger partial charge in [-0.05, 0) is 0 Å². The fourth-order valence-electron chi connectivity index (χ4n) is 10.3. The van der Waals surface area contributed by atoms with Crippen LogP contribution in [-0.4, -0.2) is 234 Å². The van der Waals surface area contributed by atoms with Crippen molar-refractivity contribution >= 4 is 99.0 Å². The first-order valence-corrected chi connectivity index (χ1v) is 32.3. The molecule has 0 saturated carbocycles. The second-order valence-corrected chi connectivity index (χ2v) is 26.0. The fourth-order valence-corrected chi connectivity index (χ4v) is 13.5. The van der Waals surface area contributed by atoms with Gasteiger partial charge < -0.3 is 96.6 Å². The normalized spacial score (nSPS) is 31.1. The van der Waals surface area contributed by atoms with Gasteiger partial charge in [0.25, 0.3) is 0 Å². The van der Waals surface area contributed by atoms with Crippen molar-refractivity contribution in [1.29, 1.82) is 0 Å². The fraction of sp³-hybridized carbons (Fsp3) is 0.512. The van der Waals surface area contributed by atoms with Crippen molar-refractivity contribution in [3.63, 3.8) is 0 Å². The van der Waals surface area contributed by atoms with E-state index in [2.05, 4.69) is 64.3 Å². The quantitative estimate of drug-likeness (QED) is 0.0270. The molecular weight excluding hydrogens is 1300 g/mol. The Bertz CT molecular complexity index is 4170. The summed E-state index contributed by atoms with van der Waals surface area (Å²) in [6, 6.07) is 0. The first-order valence-electron chi connectivity index (χ1n) is 26.0. The largest absolute Gasteiger partial charge is 0.472 e. The van der Waals surface area contributed by atoms with Crippen molar-refractivity contribution in [1.82, 2.24) is 78.1 Å². The third-order valence-electron chi connectivity index (χ3n) is 14.5. The third kappa shape index (κ3) is 12.5. The van der Waals surface area contributed by atoms with E-state index in [0.717, 1.165) is 58.0 Å². The highest BCUT2D eigenvalue weighted by atomic mass is 31.2. The molecule has 0 bridgehead atoms. The summed E-state index contributed by atoms with van der Waals surface area (Å²) in [5.74, 6) is -0.316. The SMILES string of the molecule is Nc1ncnc2c1ncn2[C@@H]1O[C@H](COP(=O)(O)O[C@H]2[C@H](O)[C@@H](COCP(=O)(O)O[C@@H]3[C@H](O)[C@@H](COP(=O)(O)O[C@@H]4[C@H](O)[C@@H](COP(=O)(O)O)O[C@H]4n4cnc5c(N)ncnc54)O[C@H]3n3cnc4c(N)ncnc43)O[C@H]2n2cnc3c(N)ncnc32)[C@@H](O)[C@H]1O. The lowest BCUT2D eigenvalue weighted by molar-refractivity contribution is -0.0667. The highest BCUT2D eigenvalue weighted by molar-refractivity contribution is 7.52. The van der Waals surface area contributed by atoms with Crippen LogP contribution in [0.3, 0.4) is 0 Å². The number of ether oxygens (including phenoxy) is 5. The maximum Gasteiger partial charge on any atom is 0.472 e. The lowest BCUT2D eigenvalue weighted by atomic mass is 10.1. The smallest absolute Gasteiger partial charge is 0.387 e. The summed E-state index contributed by atoms with van der Waals surface area (Å²) in [6.07, 6.45) is -20.5. The van der Waals surface area contributed by atoms with Gasteiger partial charge in [0, 0.05) is 0 Å². The summed E-state index contributed by atoms with van der Waals surface area (Å²) in [6.45, 7) is -3.77. The Balaban J connectivity index is 0.731. The summed E-state index contributed by atoms with van der Waals surface area (Å²) in [4.78, 5) is 101. The number of aliphatic hydroxyl groups is 5. The molecule has 0 aliphatic carbocycles. The van der Waals surface area contributed by atoms with E-state index in [0.29, 0.717) is 0 Å². The standard InChI is InChI=1S/C41H52N20O25P4/c42-30-18-34(50-5-46-30)58(9-54-18)38-26(66)22(62)15(80-38)3-78-89(72,73)85-28-23(63)14(81-40(28)60-11-56-20-32(44)48-7-52-36(20)60)1-76-13-87(67,68)84-27-24(64)17(83-39(27)59-10-55-19-31(43)47-6-51-35(19)59)4-79-90(74,75)86-29-25(65)16(2-77-88(69,70)71)82-41(29)61-12-57-21-33(45)49-8-53-37(21)61/h5-12,14-17,22-29,38-41,62-66H,1-4,13H2,(H,67,68)(H,72,73)(H,74,75)(H2,42,46,50)(H2,43,47,51)(H2,44,48,52)(H2,45,49,53)(H2,69,70,71)/t14-,15-,16-,17-,22-,23-,24-,25-,26-,27-,28+,29-,38-,39-,40-,41-/m1/s1. The van der Waals surface area contributed by atoms with Gasteiger partial charge in [0.1, 0.15) is 127 Å². The van der Waals surface area contributed by atoms with Gasteiger partial charge in [-0.3, -0.25) is 50.0 Å². The molecule has 8 aromatic heterocycles. The van der Waals surface area contributed by atoms with Crippen molar-refractivity contribution in [2.75, 3.05) is 55.7 Å². The van der Waals surface area contributed by atoms with Crippen molar-refractivity contribution in [2.45, 2.75) is 98.2 Å². The monoisotopic (exact) mass is 1350 g/mol. The Morgan fingerprint density at radius 3 is 1.08 bits per heavy atom. The van der Waals surface area contributed by atoms with Crippen LogP contribution in [0, 0.1) is 0 Å². The maximum atomic E-state index is 14.1. The summed E-state index contributed by atoms with van der Waals surface area (Å²) >= 11 is 0. The minimum absolute atomic E-state index is 0.00796. The van der Waals surface area contributed by atoms with E-state index in [1.54, 1.807) is 0 Å². The number of phosphoric acid groups is 3. The molecule has 90 heavy (non-hydrogen) atoms. The predicted octanol–water partition coefficient (Wildman–Crippen LogP) is -4.27. The Morgan fingerprint density at radius 1 is 0.400 bits per heavy atom. The zero-order valence-corrected chi connectivity index (χ0v) is 48.8. The van der Waals surface area contributed by atoms with Crippen molar-refractivity contribution in [3.8, 4) is 0 Å². The summed E-state index contributed by atoms with van der Waals surface area (Å²) in [5.41, 5.74) is 24.0. The second-order valence-electron chi connectivity index (χ2n) is 20.2. The van der Waals surface area contributed by atoms with Crippen LogP contribution < -0.4 is 22.9 Å². The van der Waals surface area contributed by atoms with Crippen LogP contribution >= 0.6 is 31.1 Å². The summed E-state index contributed by atoms with van der Waals surface area (Å²) in [5, 5.41) is 56.7. The summed E-state index contributed by atoms with van der Waals surface area (Å²) in [7, 11) is -21.2. The molecule has 3 unspecified atom stereocenters. The number of aromatic nitrogens is 16. The lowest BCUT2D eigenvalue weighted by Gasteiger charge is -2.25. The highest BCUT2D eigenvalue weighted by Crippen LogP contribution is 2.54. The Labute approximate surface area is 499 Å². The van der Waals surface area contributed by atoms with E-state index in [1.165, 1.54) is 10.9 Å². The number of nitrogens with two attached hydrogens (primary N) is 4. The molecule has 4 saturated heterocycles. The van der Waals surface area contributed by atoms with Gasteiger partial charge in [-0.25, -0.2) is 73.5 Å². The average Bonchev–Trinajstić information content (AvgIpc) is 1.64. The molecule has 0 amide bonds. The number of nitrogens with zero attached hydrogens (tertiary/aromatic N) is 16. The molecule has 18 N–H and O–H groups in total. The Kier molecular flexibility index (Phi) is 17.3. The number of hydrogen-bond acceptors (Lipinski definition) is 36. The average molecular weight is 1350 g/mol. The van der Waals surface area contributed by atoms with Crippen LogP contribution in [-0.2, 0) is 69.1 Å². The molecule has 0 spiro atoms.